The van der Waals surface area contributed by atoms with Crippen molar-refractivity contribution in [3.8, 4) is 11.3 Å². The Kier molecular flexibility index (Phi) is 4.51. The molecule has 0 spiro atoms. The first kappa shape index (κ1) is 18.4. The van der Waals surface area contributed by atoms with Gasteiger partial charge in [-0.3, -0.25) is 19.1 Å². The summed E-state index contributed by atoms with van der Waals surface area (Å²) in [6.45, 7) is 4.60. The lowest BCUT2D eigenvalue weighted by molar-refractivity contribution is 0.0993. The van der Waals surface area contributed by atoms with Crippen molar-refractivity contribution < 1.29 is 4.79 Å². The molecule has 1 aliphatic heterocycles. The minimum absolute atomic E-state index is 0.0539. The monoisotopic (exact) mass is 394 g/mol. The molecule has 142 valence electrons. The van der Waals surface area contributed by atoms with E-state index in [1.165, 1.54) is 6.07 Å². The fourth-order valence-electron chi connectivity index (χ4n) is 3.42. The molecule has 0 fully saturated rings. The van der Waals surface area contributed by atoms with E-state index in [9.17, 15) is 9.59 Å². The van der Waals surface area contributed by atoms with Crippen molar-refractivity contribution in [1.82, 2.24) is 14.5 Å². The number of fused-ring (bicyclic) bond motifs is 1. The lowest BCUT2D eigenvalue weighted by Gasteiger charge is -2.31. The van der Waals surface area contributed by atoms with Crippen LogP contribution in [0, 0.1) is 0 Å². The van der Waals surface area contributed by atoms with Crippen molar-refractivity contribution in [2.24, 2.45) is 0 Å². The number of hydrogen-bond acceptors (Lipinski definition) is 5. The van der Waals surface area contributed by atoms with Gasteiger partial charge in [0.2, 0.25) is 5.95 Å². The molecule has 4 rings (SSSR count). The quantitative estimate of drug-likeness (QED) is 0.634. The zero-order valence-corrected chi connectivity index (χ0v) is 16.3. The van der Waals surface area contributed by atoms with Crippen LogP contribution >= 0.6 is 11.6 Å². The minimum Gasteiger partial charge on any atom is -0.328 e. The zero-order chi connectivity index (χ0) is 19.9. The predicted octanol–water partition coefficient (Wildman–Crippen LogP) is 3.44. The number of aromatic nitrogens is 3. The van der Waals surface area contributed by atoms with Gasteiger partial charge in [0.1, 0.15) is 0 Å². The van der Waals surface area contributed by atoms with Crippen LogP contribution in [0.5, 0.6) is 0 Å². The van der Waals surface area contributed by atoms with Crippen molar-refractivity contribution in [3.05, 3.63) is 75.8 Å². The smallest absolute Gasteiger partial charge is 0.255 e. The van der Waals surface area contributed by atoms with Crippen molar-refractivity contribution in [1.29, 1.82) is 0 Å². The van der Waals surface area contributed by atoms with E-state index in [4.69, 9.17) is 16.6 Å². The van der Waals surface area contributed by atoms with Gasteiger partial charge in [0, 0.05) is 34.6 Å². The van der Waals surface area contributed by atoms with Gasteiger partial charge in [-0.25, -0.2) is 4.98 Å². The molecule has 0 radical (unpaired) electrons. The van der Waals surface area contributed by atoms with Gasteiger partial charge in [-0.15, -0.1) is 0 Å². The maximum atomic E-state index is 12.8. The number of nitrogens with zero attached hydrogens (tertiary/aromatic N) is 4. The molecule has 0 amide bonds. The molecule has 3 aromatic rings. The number of rotatable bonds is 4. The number of ketones is 1. The number of benzene rings is 1. The second-order valence-electron chi connectivity index (χ2n) is 7.43. The number of carbonyl (C=O) groups is 1. The summed E-state index contributed by atoms with van der Waals surface area (Å²) in [5.41, 5.74) is 1.40. The van der Waals surface area contributed by atoms with E-state index in [0.717, 1.165) is 5.56 Å². The molecule has 0 N–H and O–H groups in total. The Labute approximate surface area is 167 Å². The molecule has 6 nitrogen and oxygen atoms in total. The fraction of sp³-hybridized carbons (Fsp3) is 0.238. The molecular formula is C21H19ClN4O2. The lowest BCUT2D eigenvalue weighted by Crippen LogP contribution is -2.44. The Balaban J connectivity index is 1.73. The van der Waals surface area contributed by atoms with E-state index < -0.39 is 5.54 Å². The molecule has 0 atom stereocenters. The zero-order valence-electron chi connectivity index (χ0n) is 15.6. The van der Waals surface area contributed by atoms with Crippen LogP contribution in [0.4, 0.5) is 5.95 Å². The van der Waals surface area contributed by atoms with Crippen LogP contribution in [0.2, 0.25) is 5.02 Å². The molecule has 1 aliphatic rings. The van der Waals surface area contributed by atoms with Gasteiger partial charge in [0.25, 0.3) is 5.56 Å². The maximum absolute atomic E-state index is 12.8. The third kappa shape index (κ3) is 3.31. The van der Waals surface area contributed by atoms with E-state index >= 15 is 0 Å². The number of halogens is 1. The number of pyridine rings is 1. The Morgan fingerprint density at radius 2 is 1.82 bits per heavy atom. The van der Waals surface area contributed by atoms with E-state index in [1.807, 2.05) is 30.9 Å². The van der Waals surface area contributed by atoms with Crippen LogP contribution in [0.15, 0.2) is 59.7 Å². The molecule has 0 bridgehead atoms. The van der Waals surface area contributed by atoms with Crippen LogP contribution in [-0.4, -0.2) is 32.4 Å². The molecule has 7 heteroatoms. The molecule has 3 heterocycles. The lowest BCUT2D eigenvalue weighted by atomic mass is 10.0. The van der Waals surface area contributed by atoms with Crippen LogP contribution < -0.4 is 10.5 Å². The number of hydrogen-bond donors (Lipinski definition) is 0. The first-order chi connectivity index (χ1) is 13.3. The summed E-state index contributed by atoms with van der Waals surface area (Å²) in [5, 5.41) is 0.582. The van der Waals surface area contributed by atoms with E-state index in [0.29, 0.717) is 28.8 Å². The topological polar surface area (TPSA) is 68.1 Å². The van der Waals surface area contributed by atoms with Gasteiger partial charge >= 0.3 is 0 Å². The summed E-state index contributed by atoms with van der Waals surface area (Å²) in [6, 6.07) is 12.0. The average molecular weight is 395 g/mol. The predicted molar refractivity (Wildman–Crippen MR) is 109 cm³/mol. The summed E-state index contributed by atoms with van der Waals surface area (Å²) < 4.78 is 1.62. The van der Waals surface area contributed by atoms with Crippen molar-refractivity contribution >= 4 is 23.3 Å². The standard InChI is InChI=1S/C21H19ClN4O2/c1-21(2)13-25-19(28)11-17(14-7-9-23-10-8-14)24-20(25)26(21)12-18(27)15-3-5-16(22)6-4-15/h3-11H,12-13H2,1-2H3. The minimum atomic E-state index is -0.419. The Hall–Kier alpha value is -2.99. The second-order valence-corrected chi connectivity index (χ2v) is 7.87. The molecular weight excluding hydrogens is 376 g/mol. The van der Waals surface area contributed by atoms with Crippen LogP contribution in [0.25, 0.3) is 11.3 Å². The Bertz CT molecular complexity index is 1090. The highest BCUT2D eigenvalue weighted by Gasteiger charge is 2.39. The van der Waals surface area contributed by atoms with Crippen LogP contribution in [-0.2, 0) is 6.54 Å². The molecule has 2 aromatic heterocycles. The van der Waals surface area contributed by atoms with Gasteiger partial charge in [-0.1, -0.05) is 11.6 Å². The van der Waals surface area contributed by atoms with Crippen molar-refractivity contribution in [2.75, 3.05) is 11.4 Å². The van der Waals surface area contributed by atoms with E-state index in [2.05, 4.69) is 4.98 Å². The molecule has 0 aliphatic carbocycles. The van der Waals surface area contributed by atoms with Gasteiger partial charge in [0.05, 0.1) is 24.3 Å². The summed E-state index contributed by atoms with van der Waals surface area (Å²) in [5.74, 6) is 0.452. The van der Waals surface area contributed by atoms with Gasteiger partial charge in [-0.05, 0) is 50.2 Å². The van der Waals surface area contributed by atoms with Crippen LogP contribution in [0.1, 0.15) is 24.2 Å². The maximum Gasteiger partial charge on any atom is 0.255 e. The molecule has 28 heavy (non-hydrogen) atoms. The summed E-state index contributed by atoms with van der Waals surface area (Å²) in [6.07, 6.45) is 3.32. The Morgan fingerprint density at radius 1 is 1.14 bits per heavy atom. The van der Waals surface area contributed by atoms with Gasteiger partial charge < -0.3 is 4.90 Å². The summed E-state index contributed by atoms with van der Waals surface area (Å²) >= 11 is 5.92. The number of anilines is 1. The third-order valence-corrected chi connectivity index (χ3v) is 5.20. The van der Waals surface area contributed by atoms with E-state index in [1.54, 1.807) is 41.2 Å². The number of carbonyl (C=O) groups excluding carboxylic acids is 1. The SMILES string of the molecule is CC1(C)Cn2c(nc(-c3ccncc3)cc2=O)N1CC(=O)c1ccc(Cl)cc1. The second kappa shape index (κ2) is 6.87. The van der Waals surface area contributed by atoms with E-state index in [-0.39, 0.29) is 17.9 Å². The Morgan fingerprint density at radius 3 is 2.50 bits per heavy atom. The highest BCUT2D eigenvalue weighted by molar-refractivity contribution is 6.30. The van der Waals surface area contributed by atoms with Crippen LogP contribution in [0.3, 0.4) is 0 Å². The normalized spacial score (nSPS) is 14.8. The molecule has 0 saturated carbocycles. The fourth-order valence-corrected chi connectivity index (χ4v) is 3.54. The molecule has 1 aromatic carbocycles. The first-order valence-electron chi connectivity index (χ1n) is 8.94. The molecule has 0 saturated heterocycles. The highest BCUT2D eigenvalue weighted by atomic mass is 35.5. The van der Waals surface area contributed by atoms with Gasteiger partial charge in [-0.2, -0.15) is 0 Å². The van der Waals surface area contributed by atoms with Gasteiger partial charge in [0.15, 0.2) is 5.78 Å². The summed E-state index contributed by atoms with van der Waals surface area (Å²) in [4.78, 5) is 36.2. The van der Waals surface area contributed by atoms with Crippen molar-refractivity contribution in [3.63, 3.8) is 0 Å². The molecule has 0 unspecified atom stereocenters. The largest absolute Gasteiger partial charge is 0.328 e. The summed E-state index contributed by atoms with van der Waals surface area (Å²) in [7, 11) is 0. The highest BCUT2D eigenvalue weighted by Crippen LogP contribution is 2.32. The first-order valence-corrected chi connectivity index (χ1v) is 9.32. The third-order valence-electron chi connectivity index (χ3n) is 4.95. The number of Topliss-reactive ketones (excluding diaryl/α,β-unsaturated/α-hetero) is 1. The van der Waals surface area contributed by atoms with Crippen molar-refractivity contribution in [2.45, 2.75) is 25.9 Å². The average Bonchev–Trinajstić information content (AvgIpc) is 2.94.